The highest BCUT2D eigenvalue weighted by atomic mass is 13.9. The second-order valence-electron chi connectivity index (χ2n) is 1.87. The van der Waals surface area contributed by atoms with Gasteiger partial charge in [0.15, 0.2) is 0 Å². The lowest BCUT2D eigenvalue weighted by atomic mass is 10.2. The van der Waals surface area contributed by atoms with Crippen molar-refractivity contribution in [3.63, 3.8) is 0 Å². The molecule has 0 N–H and O–H groups in total. The average Bonchev–Trinajstić information content (AvgIpc) is 2.11. The SMILES string of the molecule is C#CCc1ccccc1.[CH2]C. The molecular weight excluding hydrogens is 132 g/mol. The Morgan fingerprint density at radius 1 is 1.27 bits per heavy atom. The van der Waals surface area contributed by atoms with E-state index in [0.29, 0.717) is 0 Å². The van der Waals surface area contributed by atoms with Crippen molar-refractivity contribution in [3.05, 3.63) is 42.8 Å². The first-order valence-corrected chi connectivity index (χ1v) is 3.61. The molecule has 0 heterocycles. The predicted molar refractivity (Wildman–Crippen MR) is 50.0 cm³/mol. The maximum absolute atomic E-state index is 5.11. The molecule has 0 amide bonds. The van der Waals surface area contributed by atoms with E-state index < -0.39 is 0 Å². The maximum atomic E-state index is 5.11. The predicted octanol–water partition coefficient (Wildman–Crippen LogP) is 2.70. The molecule has 0 fully saturated rings. The van der Waals surface area contributed by atoms with Gasteiger partial charge in [0.1, 0.15) is 0 Å². The molecule has 0 atom stereocenters. The summed E-state index contributed by atoms with van der Waals surface area (Å²) < 4.78 is 0. The van der Waals surface area contributed by atoms with Crippen molar-refractivity contribution < 1.29 is 0 Å². The third kappa shape index (κ3) is 4.22. The van der Waals surface area contributed by atoms with Crippen LogP contribution in [-0.4, -0.2) is 0 Å². The molecule has 0 aromatic heterocycles. The van der Waals surface area contributed by atoms with Crippen LogP contribution in [0.25, 0.3) is 0 Å². The van der Waals surface area contributed by atoms with E-state index in [4.69, 9.17) is 6.42 Å². The van der Waals surface area contributed by atoms with E-state index in [1.54, 1.807) is 6.92 Å². The van der Waals surface area contributed by atoms with Crippen LogP contribution in [0.15, 0.2) is 30.3 Å². The number of benzene rings is 1. The lowest BCUT2D eigenvalue weighted by Crippen LogP contribution is -1.76. The third-order valence-corrected chi connectivity index (χ3v) is 1.15. The lowest BCUT2D eigenvalue weighted by Gasteiger charge is -1.89. The van der Waals surface area contributed by atoms with Crippen molar-refractivity contribution in [3.8, 4) is 12.3 Å². The van der Waals surface area contributed by atoms with E-state index in [1.807, 2.05) is 30.3 Å². The van der Waals surface area contributed by atoms with Crippen molar-refractivity contribution in [1.29, 1.82) is 0 Å². The van der Waals surface area contributed by atoms with E-state index in [-0.39, 0.29) is 0 Å². The number of rotatable bonds is 1. The average molecular weight is 145 g/mol. The normalized spacial score (nSPS) is 7.36. The van der Waals surface area contributed by atoms with Gasteiger partial charge in [0, 0.05) is 6.42 Å². The molecule has 0 saturated carbocycles. The molecule has 0 aliphatic carbocycles. The maximum Gasteiger partial charge on any atom is 0.0337 e. The molecule has 0 saturated heterocycles. The Labute approximate surface area is 69.3 Å². The minimum atomic E-state index is 0.737. The van der Waals surface area contributed by atoms with Crippen LogP contribution in [0.5, 0.6) is 0 Å². The van der Waals surface area contributed by atoms with Gasteiger partial charge < -0.3 is 0 Å². The van der Waals surface area contributed by atoms with E-state index in [9.17, 15) is 0 Å². The molecule has 0 heteroatoms. The Bertz CT molecular complexity index is 203. The van der Waals surface area contributed by atoms with Gasteiger partial charge in [-0.15, -0.1) is 12.3 Å². The minimum Gasteiger partial charge on any atom is -0.120 e. The first kappa shape index (κ1) is 9.78. The van der Waals surface area contributed by atoms with Gasteiger partial charge in [-0.05, 0) is 5.56 Å². The molecule has 11 heavy (non-hydrogen) atoms. The number of terminal acetylenes is 1. The molecular formula is C11H13. The Balaban J connectivity index is 0.000000461. The van der Waals surface area contributed by atoms with Crippen LogP contribution in [0.1, 0.15) is 12.5 Å². The standard InChI is InChI=1S/C9H8.C2H5/c1-2-6-9-7-4-3-5-8-9;1-2/h1,3-5,7-8H,6H2;1H2,2H3. The van der Waals surface area contributed by atoms with Crippen molar-refractivity contribution in [2.45, 2.75) is 13.3 Å². The van der Waals surface area contributed by atoms with Gasteiger partial charge in [-0.3, -0.25) is 0 Å². The van der Waals surface area contributed by atoms with Crippen molar-refractivity contribution >= 4 is 0 Å². The van der Waals surface area contributed by atoms with E-state index in [1.165, 1.54) is 5.56 Å². The fraction of sp³-hybridized carbons (Fsp3) is 0.182. The summed E-state index contributed by atoms with van der Waals surface area (Å²) >= 11 is 0. The summed E-state index contributed by atoms with van der Waals surface area (Å²) in [5, 5.41) is 0. The van der Waals surface area contributed by atoms with Gasteiger partial charge in [-0.25, -0.2) is 0 Å². The molecule has 0 aliphatic rings. The molecule has 1 aromatic carbocycles. The van der Waals surface area contributed by atoms with Crippen molar-refractivity contribution in [1.82, 2.24) is 0 Å². The summed E-state index contributed by atoms with van der Waals surface area (Å²) in [7, 11) is 0. The molecule has 0 spiro atoms. The van der Waals surface area contributed by atoms with Gasteiger partial charge in [0.2, 0.25) is 0 Å². The quantitative estimate of drug-likeness (QED) is 0.533. The van der Waals surface area contributed by atoms with Gasteiger partial charge in [0.05, 0.1) is 0 Å². The van der Waals surface area contributed by atoms with E-state index >= 15 is 0 Å². The van der Waals surface area contributed by atoms with Gasteiger partial charge in [0.25, 0.3) is 0 Å². The number of hydrogen-bond acceptors (Lipinski definition) is 0. The number of hydrogen-bond donors (Lipinski definition) is 0. The Morgan fingerprint density at radius 3 is 2.27 bits per heavy atom. The lowest BCUT2D eigenvalue weighted by molar-refractivity contribution is 1.32. The molecule has 0 bridgehead atoms. The zero-order valence-electron chi connectivity index (χ0n) is 6.88. The molecule has 0 unspecified atom stereocenters. The Morgan fingerprint density at radius 2 is 1.82 bits per heavy atom. The fourth-order valence-electron chi connectivity index (χ4n) is 0.714. The topological polar surface area (TPSA) is 0 Å². The Kier molecular flexibility index (Phi) is 6.13. The zero-order chi connectivity index (χ0) is 8.53. The third-order valence-electron chi connectivity index (χ3n) is 1.15. The van der Waals surface area contributed by atoms with Gasteiger partial charge in [-0.2, -0.15) is 0 Å². The monoisotopic (exact) mass is 145 g/mol. The van der Waals surface area contributed by atoms with Crippen molar-refractivity contribution in [2.24, 2.45) is 0 Å². The van der Waals surface area contributed by atoms with Gasteiger partial charge in [-0.1, -0.05) is 44.2 Å². The summed E-state index contributed by atoms with van der Waals surface area (Å²) in [4.78, 5) is 0. The van der Waals surface area contributed by atoms with E-state index in [2.05, 4.69) is 12.8 Å². The Hall–Kier alpha value is -1.22. The largest absolute Gasteiger partial charge is 0.120 e. The molecule has 57 valence electrons. The van der Waals surface area contributed by atoms with Crippen LogP contribution >= 0.6 is 0 Å². The fourth-order valence-corrected chi connectivity index (χ4v) is 0.714. The molecule has 0 nitrogen and oxygen atoms in total. The summed E-state index contributed by atoms with van der Waals surface area (Å²) in [6, 6.07) is 10.0. The highest BCUT2D eigenvalue weighted by Crippen LogP contribution is 1.96. The second kappa shape index (κ2) is 6.89. The summed E-state index contributed by atoms with van der Waals surface area (Å²) in [5.41, 5.74) is 1.21. The summed E-state index contributed by atoms with van der Waals surface area (Å²) in [6.45, 7) is 5.00. The zero-order valence-corrected chi connectivity index (χ0v) is 6.88. The minimum absolute atomic E-state index is 0.737. The van der Waals surface area contributed by atoms with Crippen LogP contribution in [-0.2, 0) is 6.42 Å². The smallest absolute Gasteiger partial charge is 0.0337 e. The van der Waals surface area contributed by atoms with Crippen LogP contribution in [0.3, 0.4) is 0 Å². The van der Waals surface area contributed by atoms with Crippen LogP contribution < -0.4 is 0 Å². The van der Waals surface area contributed by atoms with Crippen LogP contribution in [0.2, 0.25) is 0 Å². The summed E-state index contributed by atoms with van der Waals surface area (Å²) in [5.74, 6) is 2.58. The van der Waals surface area contributed by atoms with E-state index in [0.717, 1.165) is 6.42 Å². The molecule has 0 aliphatic heterocycles. The van der Waals surface area contributed by atoms with Crippen LogP contribution in [0, 0.1) is 19.3 Å². The first-order valence-electron chi connectivity index (χ1n) is 3.61. The highest BCUT2D eigenvalue weighted by Gasteiger charge is 1.82. The second-order valence-corrected chi connectivity index (χ2v) is 1.87. The van der Waals surface area contributed by atoms with Crippen LogP contribution in [0.4, 0.5) is 0 Å². The molecule has 1 aromatic rings. The summed E-state index contributed by atoms with van der Waals surface area (Å²) in [6.07, 6.45) is 5.85. The first-order chi connectivity index (χ1) is 5.43. The van der Waals surface area contributed by atoms with Gasteiger partial charge >= 0.3 is 0 Å². The highest BCUT2D eigenvalue weighted by molar-refractivity contribution is 5.18. The molecule has 1 radical (unpaired) electrons. The molecule has 1 rings (SSSR count). The van der Waals surface area contributed by atoms with Crippen molar-refractivity contribution in [2.75, 3.05) is 0 Å².